The van der Waals surface area contributed by atoms with Gasteiger partial charge in [0.25, 0.3) is 0 Å². The van der Waals surface area contributed by atoms with E-state index in [4.69, 9.17) is 9.47 Å². The van der Waals surface area contributed by atoms with Crippen LogP contribution in [0.15, 0.2) is 18.2 Å². The fourth-order valence-corrected chi connectivity index (χ4v) is 1.77. The lowest BCUT2D eigenvalue weighted by Gasteiger charge is -2.12. The van der Waals surface area contributed by atoms with E-state index in [2.05, 4.69) is 10.6 Å². The number of carbonyl (C=O) groups is 3. The molecule has 1 rings (SSSR count). The number of amides is 2. The molecule has 0 bridgehead atoms. The van der Waals surface area contributed by atoms with Gasteiger partial charge in [0.05, 0.1) is 12.3 Å². The largest absolute Gasteiger partial charge is 0.464 e. The summed E-state index contributed by atoms with van der Waals surface area (Å²) in [5, 5.41) is 4.73. The fraction of sp³-hybridized carbons (Fsp3) is 0.438. The van der Waals surface area contributed by atoms with Crippen molar-refractivity contribution < 1.29 is 28.2 Å². The second-order valence-corrected chi connectivity index (χ2v) is 5.07. The highest BCUT2D eigenvalue weighted by Crippen LogP contribution is 2.15. The van der Waals surface area contributed by atoms with E-state index in [0.29, 0.717) is 0 Å². The molecule has 2 amide bonds. The van der Waals surface area contributed by atoms with Crippen LogP contribution in [0, 0.1) is 12.7 Å². The second kappa shape index (κ2) is 9.61. The minimum Gasteiger partial charge on any atom is -0.464 e. The molecular formula is C16H21FN2O5. The lowest BCUT2D eigenvalue weighted by atomic mass is 10.2. The Bertz CT molecular complexity index is 606. The molecule has 0 radical (unpaired) electrons. The SMILES string of the molecule is CCOC(=O)C(C)NC(=O)COCC(=O)Nc1cc(C)ccc1F. The van der Waals surface area contributed by atoms with Gasteiger partial charge in [-0.05, 0) is 38.5 Å². The molecule has 0 saturated heterocycles. The van der Waals surface area contributed by atoms with Gasteiger partial charge >= 0.3 is 5.97 Å². The first kappa shape index (κ1) is 19.6. The normalized spacial score (nSPS) is 11.5. The van der Waals surface area contributed by atoms with Crippen LogP contribution in [0.5, 0.6) is 0 Å². The van der Waals surface area contributed by atoms with Crippen LogP contribution in [0.2, 0.25) is 0 Å². The zero-order chi connectivity index (χ0) is 18.1. The van der Waals surface area contributed by atoms with Gasteiger partial charge in [-0.25, -0.2) is 9.18 Å². The van der Waals surface area contributed by atoms with Gasteiger partial charge in [0.15, 0.2) is 0 Å². The molecule has 1 unspecified atom stereocenters. The molecule has 0 aliphatic heterocycles. The van der Waals surface area contributed by atoms with Crippen LogP contribution >= 0.6 is 0 Å². The Kier molecular flexibility index (Phi) is 7.84. The van der Waals surface area contributed by atoms with Crippen LogP contribution in [0.1, 0.15) is 19.4 Å². The van der Waals surface area contributed by atoms with Crippen molar-refractivity contribution in [3.8, 4) is 0 Å². The molecular weight excluding hydrogens is 319 g/mol. The Morgan fingerprint density at radius 1 is 1.21 bits per heavy atom. The van der Waals surface area contributed by atoms with Crippen LogP contribution in [0.3, 0.4) is 0 Å². The summed E-state index contributed by atoms with van der Waals surface area (Å²) in [6.45, 7) is 4.28. The molecule has 0 fully saturated rings. The summed E-state index contributed by atoms with van der Waals surface area (Å²) in [6, 6.07) is 3.50. The highest BCUT2D eigenvalue weighted by atomic mass is 19.1. The lowest BCUT2D eigenvalue weighted by Crippen LogP contribution is -2.41. The van der Waals surface area contributed by atoms with Gasteiger partial charge in [0.2, 0.25) is 11.8 Å². The van der Waals surface area contributed by atoms with Gasteiger partial charge in [0, 0.05) is 0 Å². The third kappa shape index (κ3) is 6.74. The van der Waals surface area contributed by atoms with Gasteiger partial charge in [-0.3, -0.25) is 9.59 Å². The maximum Gasteiger partial charge on any atom is 0.328 e. The van der Waals surface area contributed by atoms with E-state index in [1.54, 1.807) is 19.9 Å². The molecule has 0 aliphatic rings. The number of rotatable bonds is 8. The Morgan fingerprint density at radius 3 is 2.54 bits per heavy atom. The van der Waals surface area contributed by atoms with Crippen molar-refractivity contribution in [2.24, 2.45) is 0 Å². The fourth-order valence-electron chi connectivity index (χ4n) is 1.77. The van der Waals surface area contributed by atoms with E-state index >= 15 is 0 Å². The summed E-state index contributed by atoms with van der Waals surface area (Å²) in [5.74, 6) is -2.27. The smallest absolute Gasteiger partial charge is 0.328 e. The first-order chi connectivity index (χ1) is 11.3. The van der Waals surface area contributed by atoms with Crippen molar-refractivity contribution in [1.29, 1.82) is 0 Å². The zero-order valence-corrected chi connectivity index (χ0v) is 13.8. The zero-order valence-electron chi connectivity index (χ0n) is 13.8. The topological polar surface area (TPSA) is 93.7 Å². The average molecular weight is 340 g/mol. The summed E-state index contributed by atoms with van der Waals surface area (Å²) in [7, 11) is 0. The van der Waals surface area contributed by atoms with Crippen molar-refractivity contribution in [3.05, 3.63) is 29.6 Å². The molecule has 1 atom stereocenters. The molecule has 8 heteroatoms. The molecule has 0 aromatic heterocycles. The Labute approximate surface area is 139 Å². The van der Waals surface area contributed by atoms with Gasteiger partial charge < -0.3 is 20.1 Å². The Balaban J connectivity index is 2.33. The van der Waals surface area contributed by atoms with Crippen molar-refractivity contribution in [2.45, 2.75) is 26.8 Å². The molecule has 7 nitrogen and oxygen atoms in total. The molecule has 0 spiro atoms. The number of aryl methyl sites for hydroxylation is 1. The summed E-state index contributed by atoms with van der Waals surface area (Å²) >= 11 is 0. The summed E-state index contributed by atoms with van der Waals surface area (Å²) in [6.07, 6.45) is 0. The minimum atomic E-state index is -0.809. The lowest BCUT2D eigenvalue weighted by molar-refractivity contribution is -0.147. The molecule has 0 saturated carbocycles. The number of hydrogen-bond acceptors (Lipinski definition) is 5. The summed E-state index contributed by atoms with van der Waals surface area (Å²) < 4.78 is 23.2. The molecule has 1 aromatic rings. The number of ether oxygens (including phenoxy) is 2. The maximum atomic E-state index is 13.5. The molecule has 1 aromatic carbocycles. The number of esters is 1. The number of nitrogens with one attached hydrogen (secondary N) is 2. The van der Waals surface area contributed by atoms with E-state index in [1.807, 2.05) is 0 Å². The summed E-state index contributed by atoms with van der Waals surface area (Å²) in [5.41, 5.74) is 0.837. The standard InChI is InChI=1S/C16H21FN2O5/c1-4-24-16(22)11(3)18-14(20)8-23-9-15(21)19-13-7-10(2)5-6-12(13)17/h5-7,11H,4,8-9H2,1-3H3,(H,18,20)(H,19,21). The van der Waals surface area contributed by atoms with Gasteiger partial charge in [-0.15, -0.1) is 0 Å². The van der Waals surface area contributed by atoms with Crippen LogP contribution in [0.4, 0.5) is 10.1 Å². The van der Waals surface area contributed by atoms with Crippen molar-refractivity contribution >= 4 is 23.5 Å². The van der Waals surface area contributed by atoms with Gasteiger partial charge in [-0.2, -0.15) is 0 Å². The second-order valence-electron chi connectivity index (χ2n) is 5.07. The van der Waals surface area contributed by atoms with Crippen LogP contribution in [-0.2, 0) is 23.9 Å². The van der Waals surface area contributed by atoms with Crippen LogP contribution < -0.4 is 10.6 Å². The molecule has 132 valence electrons. The van der Waals surface area contributed by atoms with Crippen LogP contribution in [-0.4, -0.2) is 43.6 Å². The van der Waals surface area contributed by atoms with E-state index in [0.717, 1.165) is 5.56 Å². The first-order valence-electron chi connectivity index (χ1n) is 7.43. The number of anilines is 1. The van der Waals surface area contributed by atoms with Gasteiger partial charge in [0.1, 0.15) is 25.1 Å². The monoisotopic (exact) mass is 340 g/mol. The predicted octanol–water partition coefficient (Wildman–Crippen LogP) is 1.16. The number of benzene rings is 1. The predicted molar refractivity (Wildman–Crippen MR) is 84.8 cm³/mol. The number of carbonyl (C=O) groups excluding carboxylic acids is 3. The quantitative estimate of drug-likeness (QED) is 0.693. The molecule has 0 heterocycles. The van der Waals surface area contributed by atoms with E-state index in [1.165, 1.54) is 19.1 Å². The third-order valence-corrected chi connectivity index (χ3v) is 2.88. The number of halogens is 1. The van der Waals surface area contributed by atoms with Crippen molar-refractivity contribution in [3.63, 3.8) is 0 Å². The third-order valence-electron chi connectivity index (χ3n) is 2.88. The van der Waals surface area contributed by atoms with E-state index in [-0.39, 0.29) is 12.3 Å². The maximum absolute atomic E-state index is 13.5. The molecule has 0 aliphatic carbocycles. The van der Waals surface area contributed by atoms with E-state index in [9.17, 15) is 18.8 Å². The van der Waals surface area contributed by atoms with Crippen molar-refractivity contribution in [1.82, 2.24) is 5.32 Å². The Hall–Kier alpha value is -2.48. The van der Waals surface area contributed by atoms with Crippen molar-refractivity contribution in [2.75, 3.05) is 25.1 Å². The average Bonchev–Trinajstić information content (AvgIpc) is 2.51. The summed E-state index contributed by atoms with van der Waals surface area (Å²) in [4.78, 5) is 34.6. The first-order valence-corrected chi connectivity index (χ1v) is 7.43. The Morgan fingerprint density at radius 2 is 1.88 bits per heavy atom. The minimum absolute atomic E-state index is 0.0454. The molecule has 24 heavy (non-hydrogen) atoms. The highest BCUT2D eigenvalue weighted by Gasteiger charge is 2.16. The number of hydrogen-bond donors (Lipinski definition) is 2. The van der Waals surface area contributed by atoms with E-state index < -0.39 is 42.9 Å². The highest BCUT2D eigenvalue weighted by molar-refractivity contribution is 5.92. The van der Waals surface area contributed by atoms with Gasteiger partial charge in [-0.1, -0.05) is 6.07 Å². The molecule has 2 N–H and O–H groups in total. The van der Waals surface area contributed by atoms with Crippen LogP contribution in [0.25, 0.3) is 0 Å².